The van der Waals surface area contributed by atoms with Gasteiger partial charge in [0.05, 0.1) is 40.0 Å². The molecule has 9 aromatic rings. The molecular formula is C113H136N4O14. The largest absolute Gasteiger partial charge is 0.508 e. The standard InChI is InChI=1S/C38H44N2O4.C38H47NO5.C37H45NO5/c1-21-31-24(25-20-40-27-8-7-22(19-39)15-23(25)27)16-29-36(4,26(31)17-28(41)32(21)42)12-14-38(6)30-18-35(3,33(43)44)10-9-34(30,2)11-13-37(29,38)5;1-21-30-24(25-19-39-31-22(20-40)8-7-9-23(25)31)16-28-36(4,26(30)17-27(41)32(21)42)13-15-38(6)29-18-35(3,33(43)44)11-10-34(29,2)12-14-37(28,38)5;1-20-30-23(24-19-38-26-8-7-21(39)15-22(24)26)16-28-35(4,25(30)17-27(40)31(20)41)12-14-37(6)29-18-34(3,32(42)43)10-9-33(29,2)11-13-36(28,37)5/h7-8,15-17,20,24,30,40-42H,9-14,18H2,1-6H3,(H,43,44);7-9,16-17,19,24,29,39-42H,10-15,18,20H2,1-6H3,(H,43,44);7-8,15-17,19,23,29,38-41H,9-14,18H2,1-6H3,(H,42,43)/t24-,30+,34+,35+,36-,37+,38-;24-,29+,34+,35+,36-,37+,38-;23-,29+,33+,34+,35-,36+,37-/m000/s1. The van der Waals surface area contributed by atoms with E-state index in [9.17, 15) is 75.8 Å². The molecule has 18 nitrogen and oxygen atoms in total. The van der Waals surface area contributed by atoms with Gasteiger partial charge in [0.15, 0.2) is 34.5 Å². The average molecular weight is 1770 g/mol. The van der Waals surface area contributed by atoms with Crippen molar-refractivity contribution in [3.05, 3.63) is 204 Å². The minimum Gasteiger partial charge on any atom is -0.508 e. The van der Waals surface area contributed by atoms with Gasteiger partial charge in [-0.1, -0.05) is 136 Å². The Morgan fingerprint density at radius 1 is 0.389 bits per heavy atom. The van der Waals surface area contributed by atoms with Gasteiger partial charge in [0.25, 0.3) is 0 Å². The number of aromatic nitrogens is 3. The number of aliphatic hydroxyl groups is 1. The molecule has 6 aromatic carbocycles. The van der Waals surface area contributed by atoms with Gasteiger partial charge in [-0.15, -0.1) is 0 Å². The number of aromatic hydroxyl groups is 7. The molecule has 14 N–H and O–H groups in total. The third-order valence-corrected chi connectivity index (χ3v) is 41.4. The highest BCUT2D eigenvalue weighted by molar-refractivity contribution is 5.90. The van der Waals surface area contributed by atoms with Crippen LogP contribution in [0.1, 0.15) is 334 Å². The number of nitrogens with zero attached hydrogens (tertiary/aromatic N) is 1. The Kier molecular flexibility index (Phi) is 19.9. The van der Waals surface area contributed by atoms with Crippen LogP contribution in [0.15, 0.2) is 126 Å². The number of allylic oxidation sites excluding steroid dienone is 6. The van der Waals surface area contributed by atoms with Crippen LogP contribution in [0.4, 0.5) is 0 Å². The first-order valence-electron chi connectivity index (χ1n) is 48.4. The van der Waals surface area contributed by atoms with Crippen LogP contribution in [0.25, 0.3) is 32.7 Å². The fourth-order valence-electron chi connectivity index (χ4n) is 32.0. The van der Waals surface area contributed by atoms with Crippen LogP contribution in [0.2, 0.25) is 0 Å². The summed E-state index contributed by atoms with van der Waals surface area (Å²) in [7, 11) is 0. The first-order chi connectivity index (χ1) is 61.3. The second-order valence-corrected chi connectivity index (χ2v) is 47.6. The van der Waals surface area contributed by atoms with Gasteiger partial charge >= 0.3 is 17.9 Å². The third kappa shape index (κ3) is 12.1. The number of carboxylic acids is 3. The maximum atomic E-state index is 12.6. The molecule has 692 valence electrons. The summed E-state index contributed by atoms with van der Waals surface area (Å²) >= 11 is 0. The Morgan fingerprint density at radius 2 is 0.718 bits per heavy atom. The van der Waals surface area contributed by atoms with E-state index in [1.165, 1.54) is 16.7 Å². The van der Waals surface area contributed by atoms with Gasteiger partial charge in [0, 0.05) is 85.3 Å². The van der Waals surface area contributed by atoms with E-state index >= 15 is 0 Å². The second kappa shape index (κ2) is 29.1. The van der Waals surface area contributed by atoms with Crippen LogP contribution in [-0.4, -0.2) is 89.0 Å². The summed E-state index contributed by atoms with van der Waals surface area (Å²) in [6, 6.07) is 24.8. The number of fused-ring (bicyclic) bond motifs is 24. The molecule has 0 aliphatic heterocycles. The number of aliphatic hydroxyl groups excluding tert-OH is 1. The molecule has 9 saturated carbocycles. The molecule has 12 aliphatic carbocycles. The molecule has 21 rings (SSSR count). The van der Waals surface area contributed by atoms with E-state index in [4.69, 9.17) is 0 Å². The first kappa shape index (κ1) is 89.8. The van der Waals surface area contributed by atoms with Gasteiger partial charge in [-0.3, -0.25) is 14.4 Å². The number of carboxylic acid groups (broad SMARTS) is 3. The topological polar surface area (TPSA) is 345 Å². The fraction of sp³-hybridized carbons (Fsp3) is 0.540. The molecule has 0 saturated heterocycles. The molecule has 0 radical (unpaired) electrons. The zero-order valence-corrected chi connectivity index (χ0v) is 80.0. The van der Waals surface area contributed by atoms with Crippen molar-refractivity contribution >= 4 is 50.6 Å². The molecule has 0 bridgehead atoms. The van der Waals surface area contributed by atoms with Gasteiger partial charge < -0.3 is 71.1 Å². The number of hydrogen-bond acceptors (Lipinski definition) is 12. The smallest absolute Gasteiger partial charge is 0.309 e. The predicted octanol–water partition coefficient (Wildman–Crippen LogP) is 25.2. The van der Waals surface area contributed by atoms with Crippen LogP contribution < -0.4 is 0 Å². The number of phenolic OH excluding ortho intramolecular Hbond substituents is 7. The van der Waals surface area contributed by atoms with Gasteiger partial charge in [-0.25, -0.2) is 0 Å². The monoisotopic (exact) mass is 1770 g/mol. The number of aliphatic carboxylic acids is 3. The minimum absolute atomic E-state index is 0.0583. The highest BCUT2D eigenvalue weighted by atomic mass is 16.4. The SMILES string of the molecule is Cc1c(O)c(O)cc2c1[C@H](c1c[nH]c3c(CO)cccc13)C=C1[C@@]2(C)CC[C@@]2(C)[C@@H]3C[C@](C)(C(=O)O)CC[C@]3(C)CC[C@]12C.Cc1c(O)c(O)cc2c1[C@H](c1c[nH]c3ccc(C#N)cc13)C=C1[C@@]2(C)CC[C@@]2(C)[C@@H]3C[C@](C)(C(=O)O)CC[C@]3(C)CC[C@]12C.Cc1c(O)c(O)cc2c1[C@H](c1c[nH]c3ccc(O)cc13)C=C1[C@@]2(C)CC[C@@]2(C)[C@@H]3C[C@](C)(C(=O)O)CC[C@]3(C)CC[C@]12C. The number of nitriles is 1. The predicted molar refractivity (Wildman–Crippen MR) is 510 cm³/mol. The molecule has 18 heteroatoms. The Balaban J connectivity index is 0.000000127. The number of H-pyrrole nitrogens is 3. The van der Waals surface area contributed by atoms with Crippen LogP contribution >= 0.6 is 0 Å². The normalized spacial score (nSPS) is 38.0. The summed E-state index contributed by atoms with van der Waals surface area (Å²) < 4.78 is 0. The number of aromatic amines is 3. The minimum atomic E-state index is -0.717. The summed E-state index contributed by atoms with van der Waals surface area (Å²) in [4.78, 5) is 47.9. The summed E-state index contributed by atoms with van der Waals surface area (Å²) in [5.74, 6) is -2.02. The van der Waals surface area contributed by atoms with Gasteiger partial charge in [-0.2, -0.15) is 5.26 Å². The quantitative estimate of drug-likeness (QED) is 0.0521. The highest BCUT2D eigenvalue weighted by Crippen LogP contribution is 2.80. The number of rotatable bonds is 7. The molecule has 0 amide bonds. The van der Waals surface area contributed by atoms with E-state index in [2.05, 4.69) is 128 Å². The summed E-state index contributed by atoms with van der Waals surface area (Å²) in [6.07, 6.45) is 32.4. The van der Waals surface area contributed by atoms with Crippen molar-refractivity contribution < 1.29 is 70.6 Å². The number of carbonyl (C=O) groups is 3. The van der Waals surface area contributed by atoms with Crippen LogP contribution in [0.5, 0.6) is 40.2 Å². The lowest BCUT2D eigenvalue weighted by Gasteiger charge is -2.70. The van der Waals surface area contributed by atoms with Crippen molar-refractivity contribution in [2.75, 3.05) is 0 Å². The van der Waals surface area contributed by atoms with Crippen molar-refractivity contribution in [2.24, 2.45) is 82.7 Å². The summed E-state index contributed by atoms with van der Waals surface area (Å²) in [5.41, 5.74) is 16.2. The molecular weight excluding hydrogens is 1640 g/mol. The number of para-hydroxylation sites is 1. The number of phenols is 7. The van der Waals surface area contributed by atoms with E-state index in [0.717, 1.165) is 204 Å². The zero-order chi connectivity index (χ0) is 94.1. The number of nitrogens with one attached hydrogen (secondary N) is 3. The molecule has 0 unspecified atom stereocenters. The Morgan fingerprint density at radius 3 is 1.06 bits per heavy atom. The summed E-state index contributed by atoms with van der Waals surface area (Å²) in [6.45, 7) is 40.3. The lowest BCUT2D eigenvalue weighted by Crippen LogP contribution is -2.62. The Hall–Kier alpha value is -10.4. The van der Waals surface area contributed by atoms with E-state index in [-0.39, 0.29) is 147 Å². The molecule has 21 atom stereocenters. The van der Waals surface area contributed by atoms with Gasteiger partial charge in [0.2, 0.25) is 0 Å². The number of hydrogen-bond donors (Lipinski definition) is 14. The Labute approximate surface area is 770 Å². The number of benzene rings is 6. The van der Waals surface area contributed by atoms with Crippen LogP contribution in [0, 0.1) is 115 Å². The van der Waals surface area contributed by atoms with Crippen molar-refractivity contribution in [2.45, 2.75) is 300 Å². The van der Waals surface area contributed by atoms with Gasteiger partial charge in [-0.05, 0) is 364 Å². The molecule has 3 heterocycles. The second-order valence-electron chi connectivity index (χ2n) is 47.6. The molecule has 9 fully saturated rings. The molecule has 12 aliphatic rings. The lowest BCUT2D eigenvalue weighted by atomic mass is 9.34. The highest BCUT2D eigenvalue weighted by Gasteiger charge is 2.72. The van der Waals surface area contributed by atoms with Crippen molar-refractivity contribution in [3.8, 4) is 46.3 Å². The molecule has 0 spiro atoms. The fourth-order valence-corrected chi connectivity index (χ4v) is 32.0. The first-order valence-corrected chi connectivity index (χ1v) is 48.4. The zero-order valence-electron chi connectivity index (χ0n) is 80.0. The van der Waals surface area contributed by atoms with E-state index in [0.29, 0.717) is 41.5 Å². The lowest BCUT2D eigenvalue weighted by molar-refractivity contribution is -0.177. The van der Waals surface area contributed by atoms with Crippen LogP contribution in [0.3, 0.4) is 0 Å². The maximum Gasteiger partial charge on any atom is 0.309 e. The van der Waals surface area contributed by atoms with Crippen molar-refractivity contribution in [1.82, 2.24) is 15.0 Å². The van der Waals surface area contributed by atoms with E-state index in [1.54, 1.807) is 24.3 Å². The maximum absolute atomic E-state index is 12.6. The van der Waals surface area contributed by atoms with E-state index in [1.807, 2.05) is 103 Å². The molecule has 131 heavy (non-hydrogen) atoms. The van der Waals surface area contributed by atoms with Crippen molar-refractivity contribution in [3.63, 3.8) is 0 Å². The third-order valence-electron chi connectivity index (χ3n) is 41.4. The van der Waals surface area contributed by atoms with E-state index < -0.39 is 34.2 Å². The molecule has 3 aromatic heterocycles. The average Bonchev–Trinajstić information content (AvgIpc) is 0.982. The summed E-state index contributed by atoms with van der Waals surface area (Å²) in [5, 5.41) is 130. The van der Waals surface area contributed by atoms with Gasteiger partial charge in [0.1, 0.15) is 5.75 Å². The Bertz CT molecular complexity index is 6550. The van der Waals surface area contributed by atoms with Crippen LogP contribution in [-0.2, 0) is 37.2 Å². The van der Waals surface area contributed by atoms with Crippen molar-refractivity contribution in [1.29, 1.82) is 5.26 Å².